The van der Waals surface area contributed by atoms with E-state index in [9.17, 15) is 4.79 Å². The lowest BCUT2D eigenvalue weighted by Gasteiger charge is -2.31. The monoisotopic (exact) mass is 324 g/mol. The molecule has 3 nitrogen and oxygen atoms in total. The zero-order valence-corrected chi connectivity index (χ0v) is 14.6. The molecule has 1 aliphatic carbocycles. The molecule has 126 valence electrons. The Labute approximate surface area is 143 Å². The van der Waals surface area contributed by atoms with Gasteiger partial charge in [-0.25, -0.2) is 0 Å². The van der Waals surface area contributed by atoms with E-state index in [1.807, 2.05) is 36.4 Å². The van der Waals surface area contributed by atoms with Gasteiger partial charge in [-0.1, -0.05) is 44.0 Å². The number of fused-ring (bicyclic) bond motifs is 1. The lowest BCUT2D eigenvalue weighted by molar-refractivity contribution is 0.0977. The number of hydrogen-bond donors (Lipinski definition) is 0. The van der Waals surface area contributed by atoms with Crippen LogP contribution in [0.15, 0.2) is 42.5 Å². The minimum Gasteiger partial charge on any atom is -0.497 e. The summed E-state index contributed by atoms with van der Waals surface area (Å²) in [6.45, 7) is 2.18. The molecular weight excluding hydrogens is 300 g/mol. The summed E-state index contributed by atoms with van der Waals surface area (Å²) in [7, 11) is 3.32. The number of rotatable bonds is 6. The van der Waals surface area contributed by atoms with Crippen LogP contribution in [0, 0.1) is 0 Å². The Hall–Kier alpha value is -2.29. The first-order chi connectivity index (χ1) is 11.6. The first-order valence-corrected chi connectivity index (χ1v) is 8.51. The van der Waals surface area contributed by atoms with Gasteiger partial charge >= 0.3 is 0 Å². The lowest BCUT2D eigenvalue weighted by atomic mass is 9.72. The summed E-state index contributed by atoms with van der Waals surface area (Å²) in [5.74, 6) is 1.75. The Kier molecular flexibility index (Phi) is 4.61. The molecule has 0 fully saturated rings. The van der Waals surface area contributed by atoms with Crippen LogP contribution in [0.2, 0.25) is 0 Å². The number of ketones is 1. The summed E-state index contributed by atoms with van der Waals surface area (Å²) >= 11 is 0. The third-order valence-corrected chi connectivity index (χ3v) is 5.07. The highest BCUT2D eigenvalue weighted by Gasteiger charge is 2.44. The van der Waals surface area contributed by atoms with Crippen molar-refractivity contribution in [2.75, 3.05) is 14.2 Å². The Bertz CT molecular complexity index is 728. The van der Waals surface area contributed by atoms with Crippen LogP contribution in [-0.2, 0) is 5.41 Å². The van der Waals surface area contributed by atoms with E-state index in [1.165, 1.54) is 0 Å². The van der Waals surface area contributed by atoms with Gasteiger partial charge in [-0.15, -0.1) is 0 Å². The molecule has 0 spiro atoms. The maximum atomic E-state index is 12.7. The fourth-order valence-corrected chi connectivity index (χ4v) is 3.80. The van der Waals surface area contributed by atoms with Gasteiger partial charge in [0, 0.05) is 23.5 Å². The molecule has 2 aromatic carbocycles. The van der Waals surface area contributed by atoms with Crippen molar-refractivity contribution in [3.05, 3.63) is 59.2 Å². The van der Waals surface area contributed by atoms with Crippen molar-refractivity contribution in [3.8, 4) is 11.5 Å². The Morgan fingerprint density at radius 1 is 1.04 bits per heavy atom. The summed E-state index contributed by atoms with van der Waals surface area (Å²) < 4.78 is 10.9. The molecule has 0 heterocycles. The molecule has 0 bridgehead atoms. The van der Waals surface area contributed by atoms with Gasteiger partial charge in [-0.05, 0) is 29.7 Å². The van der Waals surface area contributed by atoms with E-state index in [0.29, 0.717) is 6.42 Å². The van der Waals surface area contributed by atoms with Crippen LogP contribution in [0.1, 0.15) is 54.1 Å². The quantitative estimate of drug-likeness (QED) is 0.768. The van der Waals surface area contributed by atoms with Gasteiger partial charge < -0.3 is 9.47 Å². The first-order valence-electron chi connectivity index (χ1n) is 8.51. The molecule has 0 saturated heterocycles. The molecule has 3 heteroatoms. The number of carbonyl (C=O) groups is 1. The van der Waals surface area contributed by atoms with E-state index >= 15 is 0 Å². The largest absolute Gasteiger partial charge is 0.497 e. The van der Waals surface area contributed by atoms with Gasteiger partial charge in [-0.2, -0.15) is 0 Å². The Balaban J connectivity index is 2.20. The smallest absolute Gasteiger partial charge is 0.164 e. The highest BCUT2D eigenvalue weighted by atomic mass is 16.5. The van der Waals surface area contributed by atoms with Gasteiger partial charge in [0.05, 0.1) is 14.2 Å². The van der Waals surface area contributed by atoms with Crippen LogP contribution in [0.3, 0.4) is 0 Å². The molecule has 0 saturated carbocycles. The second-order valence-electron chi connectivity index (χ2n) is 6.43. The average Bonchev–Trinajstić information content (AvgIpc) is 2.93. The molecule has 3 rings (SSSR count). The van der Waals surface area contributed by atoms with Gasteiger partial charge in [0.2, 0.25) is 0 Å². The van der Waals surface area contributed by atoms with E-state index in [4.69, 9.17) is 9.47 Å². The van der Waals surface area contributed by atoms with Crippen molar-refractivity contribution in [2.45, 2.75) is 38.0 Å². The fraction of sp³-hybridized carbons (Fsp3) is 0.381. The topological polar surface area (TPSA) is 35.5 Å². The molecule has 1 atom stereocenters. The average molecular weight is 324 g/mol. The van der Waals surface area contributed by atoms with Gasteiger partial charge in [0.25, 0.3) is 0 Å². The predicted molar refractivity (Wildman–Crippen MR) is 95.2 cm³/mol. The highest BCUT2D eigenvalue weighted by molar-refractivity contribution is 6.03. The highest BCUT2D eigenvalue weighted by Crippen LogP contribution is 2.49. The predicted octanol–water partition coefficient (Wildman–Crippen LogP) is 4.77. The van der Waals surface area contributed by atoms with Crippen molar-refractivity contribution in [2.24, 2.45) is 0 Å². The summed E-state index contributed by atoms with van der Waals surface area (Å²) in [5, 5.41) is 0. The molecule has 1 aliphatic rings. The summed E-state index contributed by atoms with van der Waals surface area (Å²) in [6.07, 6.45) is 3.63. The van der Waals surface area contributed by atoms with Crippen molar-refractivity contribution >= 4 is 5.78 Å². The van der Waals surface area contributed by atoms with Crippen LogP contribution in [-0.4, -0.2) is 20.0 Å². The van der Waals surface area contributed by atoms with E-state index in [2.05, 4.69) is 13.0 Å². The van der Waals surface area contributed by atoms with Crippen LogP contribution >= 0.6 is 0 Å². The van der Waals surface area contributed by atoms with Crippen molar-refractivity contribution in [1.82, 2.24) is 0 Å². The zero-order valence-electron chi connectivity index (χ0n) is 14.6. The van der Waals surface area contributed by atoms with Gasteiger partial charge in [0.15, 0.2) is 5.78 Å². The molecule has 0 amide bonds. The molecular formula is C21H24O3. The normalized spacial score (nSPS) is 19.2. The summed E-state index contributed by atoms with van der Waals surface area (Å²) in [5.41, 5.74) is 2.81. The first kappa shape index (κ1) is 16.6. The van der Waals surface area contributed by atoms with Crippen LogP contribution in [0.25, 0.3) is 0 Å². The van der Waals surface area contributed by atoms with Crippen molar-refractivity contribution < 1.29 is 14.3 Å². The SMILES string of the molecule is CCCCC1(c2cc(OC)cc(OC)c2)CC(=O)c2ccccc21. The Morgan fingerprint density at radius 2 is 1.71 bits per heavy atom. The van der Waals surface area contributed by atoms with Crippen LogP contribution in [0.5, 0.6) is 11.5 Å². The number of Topliss-reactive ketones (excluding diaryl/α,β-unsaturated/α-hetero) is 1. The van der Waals surface area contributed by atoms with E-state index in [-0.39, 0.29) is 11.2 Å². The Morgan fingerprint density at radius 3 is 2.33 bits per heavy atom. The minimum atomic E-state index is -0.286. The molecule has 0 radical (unpaired) electrons. The maximum Gasteiger partial charge on any atom is 0.164 e. The lowest BCUT2D eigenvalue weighted by Crippen LogP contribution is -2.25. The molecule has 24 heavy (non-hydrogen) atoms. The number of ether oxygens (including phenoxy) is 2. The molecule has 2 aromatic rings. The van der Waals surface area contributed by atoms with Gasteiger partial charge in [0.1, 0.15) is 11.5 Å². The fourth-order valence-electron chi connectivity index (χ4n) is 3.80. The number of unbranched alkanes of at least 4 members (excludes halogenated alkanes) is 1. The molecule has 0 aliphatic heterocycles. The van der Waals surface area contributed by atoms with Gasteiger partial charge in [-0.3, -0.25) is 4.79 Å². The second kappa shape index (κ2) is 6.68. The number of carbonyl (C=O) groups excluding carboxylic acids is 1. The molecule has 0 aromatic heterocycles. The van der Waals surface area contributed by atoms with Crippen molar-refractivity contribution in [1.29, 1.82) is 0 Å². The minimum absolute atomic E-state index is 0.225. The van der Waals surface area contributed by atoms with Crippen LogP contribution < -0.4 is 9.47 Å². The zero-order chi connectivity index (χ0) is 17.2. The third-order valence-electron chi connectivity index (χ3n) is 5.07. The van der Waals surface area contributed by atoms with E-state index in [0.717, 1.165) is 47.5 Å². The van der Waals surface area contributed by atoms with E-state index in [1.54, 1.807) is 14.2 Å². The number of hydrogen-bond acceptors (Lipinski definition) is 3. The number of methoxy groups -OCH3 is 2. The van der Waals surface area contributed by atoms with Crippen LogP contribution in [0.4, 0.5) is 0 Å². The van der Waals surface area contributed by atoms with E-state index < -0.39 is 0 Å². The maximum absolute atomic E-state index is 12.7. The third kappa shape index (κ3) is 2.68. The summed E-state index contributed by atoms with van der Waals surface area (Å²) in [6, 6.07) is 14.0. The molecule has 0 N–H and O–H groups in total. The summed E-state index contributed by atoms with van der Waals surface area (Å²) in [4.78, 5) is 12.7. The molecule has 1 unspecified atom stereocenters. The standard InChI is InChI=1S/C21H24O3/c1-4-5-10-21(14-20(22)18-8-6-7-9-19(18)21)15-11-16(23-2)13-17(12-15)24-3/h6-9,11-13H,4-5,10,14H2,1-3H3. The van der Waals surface area contributed by atoms with Crippen molar-refractivity contribution in [3.63, 3.8) is 0 Å². The second-order valence-corrected chi connectivity index (χ2v) is 6.43. The number of benzene rings is 2.